The lowest BCUT2D eigenvalue weighted by molar-refractivity contribution is 0.444. The predicted octanol–water partition coefficient (Wildman–Crippen LogP) is 5.81. The van der Waals surface area contributed by atoms with Crippen molar-refractivity contribution in [3.63, 3.8) is 0 Å². The van der Waals surface area contributed by atoms with Crippen molar-refractivity contribution in [3.8, 4) is 0 Å². The minimum atomic E-state index is 0.739. The zero-order valence-electron chi connectivity index (χ0n) is 13.0. The highest BCUT2D eigenvalue weighted by Crippen LogP contribution is 2.39. The van der Waals surface area contributed by atoms with E-state index in [1.165, 1.54) is 54.3 Å². The van der Waals surface area contributed by atoms with Crippen molar-refractivity contribution in [1.82, 2.24) is 4.98 Å². The number of fused-ring (bicyclic) bond motifs is 1. The van der Waals surface area contributed by atoms with Gasteiger partial charge in [-0.1, -0.05) is 67.8 Å². The van der Waals surface area contributed by atoms with Gasteiger partial charge in [0, 0.05) is 23.0 Å². The molecule has 0 atom stereocenters. The van der Waals surface area contributed by atoms with Gasteiger partial charge in [0.1, 0.15) is 0 Å². The van der Waals surface area contributed by atoms with E-state index < -0.39 is 0 Å². The summed E-state index contributed by atoms with van der Waals surface area (Å²) in [5.74, 6) is 0.739. The summed E-state index contributed by atoms with van der Waals surface area (Å²) in [5, 5.41) is 1.44. The number of hydrogen-bond donors (Lipinski definition) is 1. The van der Waals surface area contributed by atoms with Gasteiger partial charge in [-0.3, -0.25) is 0 Å². The van der Waals surface area contributed by atoms with Crippen LogP contribution in [0.3, 0.4) is 0 Å². The van der Waals surface area contributed by atoms with Crippen LogP contribution in [-0.2, 0) is 6.42 Å². The van der Waals surface area contributed by atoms with Gasteiger partial charge in [0.2, 0.25) is 0 Å². The average molecular weight is 289 g/mol. The number of benzene rings is 2. The van der Waals surface area contributed by atoms with Crippen molar-refractivity contribution in [2.24, 2.45) is 0 Å². The SMILES string of the molecule is c1ccc(Cc2[nH]c3ccccc3c2C2CCCCC2)cc1. The molecule has 1 nitrogen and oxygen atoms in total. The van der Waals surface area contributed by atoms with Crippen LogP contribution in [0.15, 0.2) is 54.6 Å². The molecular formula is C21H23N. The molecule has 112 valence electrons. The maximum absolute atomic E-state index is 3.71. The van der Waals surface area contributed by atoms with E-state index in [9.17, 15) is 0 Å². The first kappa shape index (κ1) is 13.6. The van der Waals surface area contributed by atoms with Crippen LogP contribution in [0.25, 0.3) is 10.9 Å². The number of rotatable bonds is 3. The van der Waals surface area contributed by atoms with Gasteiger partial charge >= 0.3 is 0 Å². The van der Waals surface area contributed by atoms with Crippen LogP contribution in [0, 0.1) is 0 Å². The minimum absolute atomic E-state index is 0.739. The second kappa shape index (κ2) is 6.00. The molecule has 1 saturated carbocycles. The Morgan fingerprint density at radius 3 is 2.36 bits per heavy atom. The fourth-order valence-corrected chi connectivity index (χ4v) is 4.02. The van der Waals surface area contributed by atoms with Crippen LogP contribution in [0.2, 0.25) is 0 Å². The van der Waals surface area contributed by atoms with Gasteiger partial charge in [-0.25, -0.2) is 0 Å². The first-order valence-corrected chi connectivity index (χ1v) is 8.55. The molecule has 0 saturated heterocycles. The van der Waals surface area contributed by atoms with Gasteiger partial charge < -0.3 is 4.98 Å². The molecule has 1 aromatic heterocycles. The molecule has 0 amide bonds. The third kappa shape index (κ3) is 2.56. The van der Waals surface area contributed by atoms with Crippen molar-refractivity contribution < 1.29 is 0 Å². The lowest BCUT2D eigenvalue weighted by atomic mass is 9.82. The van der Waals surface area contributed by atoms with Crippen LogP contribution < -0.4 is 0 Å². The molecule has 4 rings (SSSR count). The van der Waals surface area contributed by atoms with Crippen molar-refractivity contribution in [1.29, 1.82) is 0 Å². The second-order valence-corrected chi connectivity index (χ2v) is 6.56. The first-order valence-electron chi connectivity index (χ1n) is 8.55. The summed E-state index contributed by atoms with van der Waals surface area (Å²) < 4.78 is 0. The number of para-hydroxylation sites is 1. The zero-order valence-corrected chi connectivity index (χ0v) is 13.0. The lowest BCUT2D eigenvalue weighted by Crippen LogP contribution is -2.07. The van der Waals surface area contributed by atoms with Crippen molar-refractivity contribution in [2.45, 2.75) is 44.4 Å². The maximum atomic E-state index is 3.71. The van der Waals surface area contributed by atoms with E-state index in [1.807, 2.05) is 0 Å². The highest BCUT2D eigenvalue weighted by atomic mass is 14.7. The molecule has 2 aromatic carbocycles. The molecule has 0 unspecified atom stereocenters. The Hall–Kier alpha value is -2.02. The topological polar surface area (TPSA) is 15.8 Å². The number of H-pyrrole nitrogens is 1. The van der Waals surface area contributed by atoms with Gasteiger partial charge in [0.15, 0.2) is 0 Å². The third-order valence-electron chi connectivity index (χ3n) is 5.07. The molecule has 1 heteroatoms. The molecule has 0 spiro atoms. The smallest absolute Gasteiger partial charge is 0.0459 e. The average Bonchev–Trinajstić information content (AvgIpc) is 2.94. The molecule has 1 aliphatic rings. The monoisotopic (exact) mass is 289 g/mol. The molecule has 0 aliphatic heterocycles. The summed E-state index contributed by atoms with van der Waals surface area (Å²) in [6.45, 7) is 0. The lowest BCUT2D eigenvalue weighted by Gasteiger charge is -2.23. The Balaban J connectivity index is 1.79. The van der Waals surface area contributed by atoms with Gasteiger partial charge in [-0.05, 0) is 36.0 Å². The van der Waals surface area contributed by atoms with Gasteiger partial charge in [-0.2, -0.15) is 0 Å². The Kier molecular flexibility index (Phi) is 3.72. The zero-order chi connectivity index (χ0) is 14.8. The molecule has 1 aliphatic carbocycles. The van der Waals surface area contributed by atoms with E-state index in [4.69, 9.17) is 0 Å². The Morgan fingerprint density at radius 2 is 1.55 bits per heavy atom. The highest BCUT2D eigenvalue weighted by molar-refractivity contribution is 5.85. The predicted molar refractivity (Wildman–Crippen MR) is 93.4 cm³/mol. The Labute approximate surface area is 132 Å². The van der Waals surface area contributed by atoms with E-state index in [2.05, 4.69) is 59.6 Å². The summed E-state index contributed by atoms with van der Waals surface area (Å²) in [4.78, 5) is 3.71. The number of aromatic nitrogens is 1. The van der Waals surface area contributed by atoms with E-state index in [0.717, 1.165) is 12.3 Å². The second-order valence-electron chi connectivity index (χ2n) is 6.56. The molecule has 22 heavy (non-hydrogen) atoms. The minimum Gasteiger partial charge on any atom is -0.358 e. The first-order chi connectivity index (χ1) is 10.9. The summed E-state index contributed by atoms with van der Waals surface area (Å²) in [7, 11) is 0. The van der Waals surface area contributed by atoms with Gasteiger partial charge in [0.05, 0.1) is 0 Å². The molecular weight excluding hydrogens is 266 g/mol. The number of nitrogens with one attached hydrogen (secondary N) is 1. The number of hydrogen-bond acceptors (Lipinski definition) is 0. The maximum Gasteiger partial charge on any atom is 0.0459 e. The summed E-state index contributed by atoms with van der Waals surface area (Å²) >= 11 is 0. The Morgan fingerprint density at radius 1 is 0.818 bits per heavy atom. The summed E-state index contributed by atoms with van der Waals surface area (Å²) in [6, 6.07) is 19.7. The standard InChI is InChI=1S/C21H23N/c1-3-9-16(10-4-1)15-20-21(17-11-5-2-6-12-17)18-13-7-8-14-19(18)22-20/h1,3-4,7-10,13-14,17,22H,2,5-6,11-12,15H2. The molecule has 0 bridgehead atoms. The molecule has 0 radical (unpaired) electrons. The molecule has 1 fully saturated rings. The summed E-state index contributed by atoms with van der Waals surface area (Å²) in [5.41, 5.74) is 5.72. The molecule has 3 aromatic rings. The Bertz CT molecular complexity index is 748. The van der Waals surface area contributed by atoms with Crippen LogP contribution in [0.4, 0.5) is 0 Å². The van der Waals surface area contributed by atoms with Crippen molar-refractivity contribution in [2.75, 3.05) is 0 Å². The van der Waals surface area contributed by atoms with Crippen molar-refractivity contribution >= 4 is 10.9 Å². The van der Waals surface area contributed by atoms with Crippen molar-refractivity contribution in [3.05, 3.63) is 71.4 Å². The van der Waals surface area contributed by atoms with E-state index in [1.54, 1.807) is 5.56 Å². The third-order valence-corrected chi connectivity index (χ3v) is 5.07. The fourth-order valence-electron chi connectivity index (χ4n) is 4.02. The van der Waals surface area contributed by atoms with Crippen LogP contribution in [-0.4, -0.2) is 4.98 Å². The largest absolute Gasteiger partial charge is 0.358 e. The fraction of sp³-hybridized carbons (Fsp3) is 0.333. The van der Waals surface area contributed by atoms with Crippen LogP contribution >= 0.6 is 0 Å². The van der Waals surface area contributed by atoms with Gasteiger partial charge in [-0.15, -0.1) is 0 Å². The van der Waals surface area contributed by atoms with E-state index in [-0.39, 0.29) is 0 Å². The van der Waals surface area contributed by atoms with Gasteiger partial charge in [0.25, 0.3) is 0 Å². The normalized spacial score (nSPS) is 16.2. The molecule has 1 heterocycles. The van der Waals surface area contributed by atoms with Crippen LogP contribution in [0.5, 0.6) is 0 Å². The highest BCUT2D eigenvalue weighted by Gasteiger charge is 2.22. The summed E-state index contributed by atoms with van der Waals surface area (Å²) in [6.07, 6.45) is 7.89. The van der Waals surface area contributed by atoms with E-state index >= 15 is 0 Å². The van der Waals surface area contributed by atoms with Crippen LogP contribution in [0.1, 0.15) is 54.8 Å². The molecule has 1 N–H and O–H groups in total. The number of aromatic amines is 1. The quantitative estimate of drug-likeness (QED) is 0.626. The van der Waals surface area contributed by atoms with E-state index in [0.29, 0.717) is 0 Å².